The molecule has 5 nitrogen and oxygen atoms in total. The van der Waals surface area contributed by atoms with Gasteiger partial charge in [0.25, 0.3) is 5.91 Å². The Morgan fingerprint density at radius 3 is 2.41 bits per heavy atom. The van der Waals surface area contributed by atoms with Crippen LogP contribution in [0.2, 0.25) is 0 Å². The number of Topliss-reactive ketones (excluding diaryl/α,β-unsaturated/α-hetero) is 1. The number of amides is 1. The second-order valence-electron chi connectivity index (χ2n) is 7.27. The van der Waals surface area contributed by atoms with Gasteiger partial charge in [0, 0.05) is 27.4 Å². The first-order chi connectivity index (χ1) is 13.7. The summed E-state index contributed by atoms with van der Waals surface area (Å²) in [6.07, 6.45) is 0.0388. The highest BCUT2D eigenvalue weighted by atomic mass is 32.1. The highest BCUT2D eigenvalue weighted by molar-refractivity contribution is 7.12. The second-order valence-corrected chi connectivity index (χ2v) is 8.73. The number of rotatable bonds is 9. The topological polar surface area (TPSA) is 72.5 Å². The van der Waals surface area contributed by atoms with E-state index in [1.165, 1.54) is 6.92 Å². The third-order valence-electron chi connectivity index (χ3n) is 4.94. The van der Waals surface area contributed by atoms with E-state index in [0.717, 1.165) is 27.4 Å². The number of hydrogen-bond acceptors (Lipinski definition) is 5. The normalized spacial score (nSPS) is 12.9. The molecule has 0 saturated carbocycles. The van der Waals surface area contributed by atoms with Crippen LogP contribution in [0.4, 0.5) is 5.69 Å². The summed E-state index contributed by atoms with van der Waals surface area (Å²) in [6.45, 7) is 9.57. The first kappa shape index (κ1) is 22.8. The number of thiophene rings is 1. The van der Waals surface area contributed by atoms with Gasteiger partial charge >= 0.3 is 5.97 Å². The molecule has 2 atom stereocenters. The van der Waals surface area contributed by atoms with Crippen LogP contribution in [0.3, 0.4) is 0 Å². The van der Waals surface area contributed by atoms with Gasteiger partial charge in [0.05, 0.1) is 6.42 Å². The van der Waals surface area contributed by atoms with Crippen molar-refractivity contribution in [3.63, 3.8) is 0 Å². The van der Waals surface area contributed by atoms with Gasteiger partial charge in [-0.05, 0) is 50.8 Å². The number of esters is 1. The Bertz CT molecular complexity index is 887. The maximum Gasteiger partial charge on any atom is 0.307 e. The number of hydrogen-bond donors (Lipinski definition) is 1. The Labute approximate surface area is 176 Å². The maximum absolute atomic E-state index is 12.5. The minimum atomic E-state index is -0.937. The van der Waals surface area contributed by atoms with Crippen LogP contribution in [0.25, 0.3) is 0 Å². The average molecular weight is 416 g/mol. The van der Waals surface area contributed by atoms with Gasteiger partial charge in [0.15, 0.2) is 11.9 Å². The van der Waals surface area contributed by atoms with Gasteiger partial charge < -0.3 is 10.1 Å². The molecule has 0 radical (unpaired) electrons. The molecular weight excluding hydrogens is 386 g/mol. The number of carbonyl (C=O) groups excluding carboxylic acids is 3. The fourth-order valence-electron chi connectivity index (χ4n) is 3.06. The maximum atomic E-state index is 12.5. The van der Waals surface area contributed by atoms with E-state index < -0.39 is 12.1 Å². The molecule has 1 N–H and O–H groups in total. The number of aryl methyl sites for hydroxylation is 2. The summed E-state index contributed by atoms with van der Waals surface area (Å²) in [5.41, 5.74) is 2.44. The van der Waals surface area contributed by atoms with Crippen molar-refractivity contribution in [2.24, 2.45) is 0 Å². The Kier molecular flexibility index (Phi) is 8.14. The lowest BCUT2D eigenvalue weighted by atomic mass is 9.97. The Morgan fingerprint density at radius 1 is 1.10 bits per heavy atom. The number of benzene rings is 1. The number of ether oxygens (including phenoxy) is 1. The molecular formula is C23H29NO4S. The van der Waals surface area contributed by atoms with E-state index in [4.69, 9.17) is 4.74 Å². The molecule has 2 aromatic rings. The predicted octanol–water partition coefficient (Wildman–Crippen LogP) is 5.41. The summed E-state index contributed by atoms with van der Waals surface area (Å²) in [7, 11) is 0. The number of nitrogens with one attached hydrogen (secondary N) is 1. The Hall–Kier alpha value is -2.47. The lowest BCUT2D eigenvalue weighted by Gasteiger charge is -2.18. The zero-order chi connectivity index (χ0) is 21.6. The van der Waals surface area contributed by atoms with Crippen LogP contribution < -0.4 is 5.32 Å². The molecule has 2 rings (SSSR count). The SMILES string of the molecule is CCC(C)c1ccccc1NC(=O)C(C)OC(=O)CCC(=O)c1cc(C)sc1C. The van der Waals surface area contributed by atoms with Crippen LogP contribution in [-0.2, 0) is 14.3 Å². The molecule has 156 valence electrons. The van der Waals surface area contributed by atoms with Gasteiger partial charge in [-0.2, -0.15) is 0 Å². The Balaban J connectivity index is 1.89. The molecule has 0 spiro atoms. The van der Waals surface area contributed by atoms with E-state index in [2.05, 4.69) is 19.2 Å². The van der Waals surface area contributed by atoms with Crippen molar-refractivity contribution in [1.29, 1.82) is 0 Å². The van der Waals surface area contributed by atoms with Crippen LogP contribution in [0.15, 0.2) is 30.3 Å². The molecule has 0 aliphatic rings. The number of anilines is 1. The second kappa shape index (κ2) is 10.3. The first-order valence-electron chi connectivity index (χ1n) is 9.92. The molecule has 0 fully saturated rings. The largest absolute Gasteiger partial charge is 0.453 e. The molecule has 29 heavy (non-hydrogen) atoms. The number of para-hydroxylation sites is 1. The highest BCUT2D eigenvalue weighted by Crippen LogP contribution is 2.27. The third kappa shape index (κ3) is 6.26. The molecule has 1 heterocycles. The smallest absolute Gasteiger partial charge is 0.307 e. The zero-order valence-electron chi connectivity index (χ0n) is 17.7. The zero-order valence-corrected chi connectivity index (χ0v) is 18.5. The lowest BCUT2D eigenvalue weighted by molar-refractivity contribution is -0.153. The lowest BCUT2D eigenvalue weighted by Crippen LogP contribution is -2.30. The van der Waals surface area contributed by atoms with Gasteiger partial charge in [-0.3, -0.25) is 14.4 Å². The molecule has 1 amide bonds. The van der Waals surface area contributed by atoms with Crippen molar-refractivity contribution in [3.05, 3.63) is 51.2 Å². The van der Waals surface area contributed by atoms with E-state index in [1.807, 2.05) is 44.2 Å². The molecule has 0 bridgehead atoms. The molecule has 1 aromatic heterocycles. The molecule has 1 aromatic carbocycles. The molecule has 6 heteroatoms. The van der Waals surface area contributed by atoms with Crippen molar-refractivity contribution < 1.29 is 19.1 Å². The standard InChI is InChI=1S/C23H29NO4S/c1-6-14(2)18-9-7-8-10-20(18)24-23(27)16(4)28-22(26)12-11-21(25)19-13-15(3)29-17(19)5/h7-10,13-14,16H,6,11-12H2,1-5H3,(H,24,27). The van der Waals surface area contributed by atoms with E-state index in [-0.39, 0.29) is 24.5 Å². The van der Waals surface area contributed by atoms with Gasteiger partial charge in [-0.1, -0.05) is 32.0 Å². The summed E-state index contributed by atoms with van der Waals surface area (Å²) in [4.78, 5) is 38.9. The summed E-state index contributed by atoms with van der Waals surface area (Å²) in [5.74, 6) is -0.714. The van der Waals surface area contributed by atoms with Crippen LogP contribution in [-0.4, -0.2) is 23.8 Å². The first-order valence-corrected chi connectivity index (χ1v) is 10.7. The molecule has 2 unspecified atom stereocenters. The molecule has 0 aliphatic carbocycles. The minimum absolute atomic E-state index is 0.0474. The average Bonchev–Trinajstić information content (AvgIpc) is 3.03. The monoisotopic (exact) mass is 415 g/mol. The Morgan fingerprint density at radius 2 is 1.79 bits per heavy atom. The van der Waals surface area contributed by atoms with E-state index >= 15 is 0 Å². The van der Waals surface area contributed by atoms with Crippen molar-refractivity contribution in [1.82, 2.24) is 0 Å². The van der Waals surface area contributed by atoms with Crippen LogP contribution in [0.5, 0.6) is 0 Å². The fraction of sp³-hybridized carbons (Fsp3) is 0.435. The minimum Gasteiger partial charge on any atom is -0.453 e. The quantitative estimate of drug-likeness (QED) is 0.439. The highest BCUT2D eigenvalue weighted by Gasteiger charge is 2.21. The molecule has 0 saturated heterocycles. The predicted molar refractivity (Wildman–Crippen MR) is 117 cm³/mol. The number of carbonyl (C=O) groups is 3. The van der Waals surface area contributed by atoms with Crippen LogP contribution >= 0.6 is 11.3 Å². The van der Waals surface area contributed by atoms with Gasteiger partial charge in [-0.15, -0.1) is 11.3 Å². The molecule has 0 aliphatic heterocycles. The summed E-state index contributed by atoms with van der Waals surface area (Å²) >= 11 is 1.56. The van der Waals surface area contributed by atoms with Crippen molar-refractivity contribution in [3.8, 4) is 0 Å². The van der Waals surface area contributed by atoms with Crippen molar-refractivity contribution >= 4 is 34.7 Å². The summed E-state index contributed by atoms with van der Waals surface area (Å²) in [5, 5.41) is 2.85. The van der Waals surface area contributed by atoms with Crippen LogP contribution in [0, 0.1) is 13.8 Å². The number of ketones is 1. The summed E-state index contributed by atoms with van der Waals surface area (Å²) in [6, 6.07) is 9.47. The van der Waals surface area contributed by atoms with Gasteiger partial charge in [0.1, 0.15) is 0 Å². The van der Waals surface area contributed by atoms with Gasteiger partial charge in [0.2, 0.25) is 0 Å². The van der Waals surface area contributed by atoms with Crippen molar-refractivity contribution in [2.75, 3.05) is 5.32 Å². The van der Waals surface area contributed by atoms with E-state index in [0.29, 0.717) is 11.5 Å². The van der Waals surface area contributed by atoms with Crippen LogP contribution in [0.1, 0.15) is 71.6 Å². The van der Waals surface area contributed by atoms with Gasteiger partial charge in [-0.25, -0.2) is 0 Å². The van der Waals surface area contributed by atoms with Crippen molar-refractivity contribution in [2.45, 2.75) is 65.9 Å². The fourth-order valence-corrected chi connectivity index (χ4v) is 4.00. The van der Waals surface area contributed by atoms with E-state index in [1.54, 1.807) is 11.3 Å². The third-order valence-corrected chi connectivity index (χ3v) is 5.90. The van der Waals surface area contributed by atoms with E-state index in [9.17, 15) is 14.4 Å². The summed E-state index contributed by atoms with van der Waals surface area (Å²) < 4.78 is 5.23.